The van der Waals surface area contributed by atoms with Gasteiger partial charge in [0, 0.05) is 43.7 Å². The third-order valence-corrected chi connectivity index (χ3v) is 6.32. The van der Waals surface area contributed by atoms with Crippen molar-refractivity contribution < 1.29 is 0 Å². The zero-order valence-corrected chi connectivity index (χ0v) is 17.1. The zero-order chi connectivity index (χ0) is 20.3. The van der Waals surface area contributed by atoms with Crippen LogP contribution in [0.3, 0.4) is 0 Å². The summed E-state index contributed by atoms with van der Waals surface area (Å²) in [6.45, 7) is 3.56. The molecule has 0 amide bonds. The molecule has 0 bridgehead atoms. The molecule has 30 heavy (non-hydrogen) atoms. The molecule has 1 saturated carbocycles. The molecular formula is C22H27N7O. The van der Waals surface area contributed by atoms with Gasteiger partial charge in [-0.2, -0.15) is 5.10 Å². The highest BCUT2D eigenvalue weighted by Gasteiger charge is 2.24. The van der Waals surface area contributed by atoms with E-state index >= 15 is 0 Å². The SMILES string of the molecule is O=c1ccc(-n2cccn2)nn1CC1CCN(Cc2ccnc(C3CCC3)n2)CC1. The van der Waals surface area contributed by atoms with Gasteiger partial charge in [-0.1, -0.05) is 6.42 Å². The highest BCUT2D eigenvalue weighted by molar-refractivity contribution is 5.17. The molecule has 0 radical (unpaired) electrons. The Hall–Kier alpha value is -2.87. The van der Waals surface area contributed by atoms with Gasteiger partial charge in [-0.15, -0.1) is 5.10 Å². The second-order valence-corrected chi connectivity index (χ2v) is 8.42. The number of hydrogen-bond acceptors (Lipinski definition) is 6. The first-order chi connectivity index (χ1) is 14.7. The first kappa shape index (κ1) is 19.1. The van der Waals surface area contributed by atoms with Crippen LogP contribution in [-0.2, 0) is 13.1 Å². The van der Waals surface area contributed by atoms with E-state index in [0.717, 1.165) is 44.0 Å². The van der Waals surface area contributed by atoms with E-state index in [1.165, 1.54) is 19.3 Å². The number of aromatic nitrogens is 6. The van der Waals surface area contributed by atoms with Gasteiger partial charge in [-0.25, -0.2) is 19.3 Å². The Balaban J connectivity index is 1.18. The Morgan fingerprint density at radius 1 is 1.03 bits per heavy atom. The molecule has 2 aliphatic rings. The average Bonchev–Trinajstić information content (AvgIpc) is 3.25. The largest absolute Gasteiger partial charge is 0.297 e. The fourth-order valence-corrected chi connectivity index (χ4v) is 4.26. The van der Waals surface area contributed by atoms with Crippen molar-refractivity contribution in [1.82, 2.24) is 34.4 Å². The Kier molecular flexibility index (Phi) is 5.40. The third-order valence-electron chi connectivity index (χ3n) is 6.32. The molecule has 0 spiro atoms. The van der Waals surface area contributed by atoms with Crippen LogP contribution in [0.5, 0.6) is 0 Å². The lowest BCUT2D eigenvalue weighted by Crippen LogP contribution is -2.36. The molecule has 5 rings (SSSR count). The van der Waals surface area contributed by atoms with E-state index in [2.05, 4.69) is 20.1 Å². The normalized spacial score (nSPS) is 18.4. The van der Waals surface area contributed by atoms with E-state index in [1.54, 1.807) is 27.7 Å². The second-order valence-electron chi connectivity index (χ2n) is 8.42. The van der Waals surface area contributed by atoms with E-state index < -0.39 is 0 Å². The number of nitrogens with zero attached hydrogens (tertiary/aromatic N) is 7. The Labute approximate surface area is 175 Å². The van der Waals surface area contributed by atoms with Crippen molar-refractivity contribution in [2.75, 3.05) is 13.1 Å². The van der Waals surface area contributed by atoms with Gasteiger partial charge in [0.1, 0.15) is 5.82 Å². The molecule has 3 aromatic heterocycles. The van der Waals surface area contributed by atoms with Crippen molar-refractivity contribution >= 4 is 0 Å². The Bertz CT molecular complexity index is 1030. The van der Waals surface area contributed by atoms with E-state index in [4.69, 9.17) is 4.98 Å². The minimum absolute atomic E-state index is 0.0576. The standard InChI is InChI=1S/C22H27N7O/c30-21-6-5-20(28-12-2-10-24-28)26-29(21)15-17-8-13-27(14-9-17)16-19-7-11-23-22(25-19)18-3-1-4-18/h2,5-7,10-12,17-18H,1,3-4,8-9,13-16H2. The van der Waals surface area contributed by atoms with Crippen LogP contribution in [0, 0.1) is 5.92 Å². The molecule has 8 heteroatoms. The molecule has 8 nitrogen and oxygen atoms in total. The summed E-state index contributed by atoms with van der Waals surface area (Å²) in [4.78, 5) is 24.0. The van der Waals surface area contributed by atoms with Gasteiger partial charge in [0.05, 0.1) is 5.69 Å². The topological polar surface area (TPSA) is 81.7 Å². The fraction of sp³-hybridized carbons (Fsp3) is 0.500. The van der Waals surface area contributed by atoms with Gasteiger partial charge < -0.3 is 0 Å². The summed E-state index contributed by atoms with van der Waals surface area (Å²) in [6, 6.07) is 7.18. The van der Waals surface area contributed by atoms with E-state index in [-0.39, 0.29) is 5.56 Å². The first-order valence-electron chi connectivity index (χ1n) is 10.9. The van der Waals surface area contributed by atoms with Crippen LogP contribution in [0.4, 0.5) is 0 Å². The van der Waals surface area contributed by atoms with Crippen molar-refractivity contribution in [3.05, 3.63) is 64.7 Å². The molecule has 0 N–H and O–H groups in total. The van der Waals surface area contributed by atoms with E-state index in [1.807, 2.05) is 24.5 Å². The van der Waals surface area contributed by atoms with Crippen LogP contribution in [0.15, 0.2) is 47.7 Å². The molecule has 4 heterocycles. The lowest BCUT2D eigenvalue weighted by Gasteiger charge is -2.32. The summed E-state index contributed by atoms with van der Waals surface area (Å²) < 4.78 is 3.27. The molecule has 1 aliphatic heterocycles. The quantitative estimate of drug-likeness (QED) is 0.626. The van der Waals surface area contributed by atoms with Crippen LogP contribution in [0.2, 0.25) is 0 Å². The van der Waals surface area contributed by atoms with Crippen LogP contribution in [0.25, 0.3) is 5.82 Å². The molecule has 2 fully saturated rings. The third kappa shape index (κ3) is 4.18. The van der Waals surface area contributed by atoms with Gasteiger partial charge >= 0.3 is 0 Å². The molecule has 156 valence electrons. The molecule has 1 aliphatic carbocycles. The van der Waals surface area contributed by atoms with Gasteiger partial charge in [0.2, 0.25) is 0 Å². The predicted octanol–water partition coefficient (Wildman–Crippen LogP) is 2.40. The number of hydrogen-bond donors (Lipinski definition) is 0. The molecule has 3 aromatic rings. The van der Waals surface area contributed by atoms with Crippen LogP contribution in [0.1, 0.15) is 49.5 Å². The van der Waals surface area contributed by atoms with Crippen molar-refractivity contribution in [2.45, 2.75) is 51.1 Å². The highest BCUT2D eigenvalue weighted by Crippen LogP contribution is 2.34. The monoisotopic (exact) mass is 405 g/mol. The summed E-state index contributed by atoms with van der Waals surface area (Å²) in [5.74, 6) is 2.72. The highest BCUT2D eigenvalue weighted by atomic mass is 16.1. The number of piperidine rings is 1. The maximum absolute atomic E-state index is 12.3. The summed E-state index contributed by atoms with van der Waals surface area (Å²) in [7, 11) is 0. The van der Waals surface area contributed by atoms with Gasteiger partial charge in [0.25, 0.3) is 5.56 Å². The van der Waals surface area contributed by atoms with E-state index in [9.17, 15) is 4.79 Å². The van der Waals surface area contributed by atoms with E-state index in [0.29, 0.717) is 24.2 Å². The molecule has 0 unspecified atom stereocenters. The lowest BCUT2D eigenvalue weighted by molar-refractivity contribution is 0.161. The smallest absolute Gasteiger partial charge is 0.266 e. The lowest BCUT2D eigenvalue weighted by atomic mass is 9.85. The molecule has 0 atom stereocenters. The van der Waals surface area contributed by atoms with Crippen LogP contribution in [-0.4, -0.2) is 47.5 Å². The van der Waals surface area contributed by atoms with Gasteiger partial charge in [-0.3, -0.25) is 9.69 Å². The van der Waals surface area contributed by atoms with Crippen molar-refractivity contribution in [1.29, 1.82) is 0 Å². The number of rotatable bonds is 6. The summed E-state index contributed by atoms with van der Waals surface area (Å²) in [5, 5.41) is 8.71. The first-order valence-corrected chi connectivity index (χ1v) is 10.9. The predicted molar refractivity (Wildman–Crippen MR) is 112 cm³/mol. The maximum atomic E-state index is 12.3. The van der Waals surface area contributed by atoms with Crippen molar-refractivity contribution in [3.63, 3.8) is 0 Å². The minimum Gasteiger partial charge on any atom is -0.297 e. The van der Waals surface area contributed by atoms with Crippen molar-refractivity contribution in [3.8, 4) is 5.82 Å². The zero-order valence-electron chi connectivity index (χ0n) is 17.1. The Morgan fingerprint density at radius 2 is 1.90 bits per heavy atom. The average molecular weight is 406 g/mol. The fourth-order valence-electron chi connectivity index (χ4n) is 4.26. The summed E-state index contributed by atoms with van der Waals surface area (Å²) in [5.41, 5.74) is 1.06. The van der Waals surface area contributed by atoms with Crippen LogP contribution < -0.4 is 5.56 Å². The van der Waals surface area contributed by atoms with Gasteiger partial charge in [-0.05, 0) is 62.9 Å². The molecule has 0 aromatic carbocycles. The summed E-state index contributed by atoms with van der Waals surface area (Å²) in [6.07, 6.45) is 11.3. The summed E-state index contributed by atoms with van der Waals surface area (Å²) >= 11 is 0. The van der Waals surface area contributed by atoms with Gasteiger partial charge in [0.15, 0.2) is 5.82 Å². The molecule has 1 saturated heterocycles. The molecular weight excluding hydrogens is 378 g/mol. The minimum atomic E-state index is -0.0576. The Morgan fingerprint density at radius 3 is 2.63 bits per heavy atom. The number of likely N-dealkylation sites (tertiary alicyclic amines) is 1. The second kappa shape index (κ2) is 8.47. The van der Waals surface area contributed by atoms with Crippen molar-refractivity contribution in [2.24, 2.45) is 5.92 Å². The van der Waals surface area contributed by atoms with Crippen LogP contribution >= 0.6 is 0 Å². The maximum Gasteiger partial charge on any atom is 0.266 e.